The van der Waals surface area contributed by atoms with E-state index in [1.165, 1.54) is 5.56 Å². The topological polar surface area (TPSA) is 109 Å². The Balaban J connectivity index is 1.03. The molecule has 0 N–H and O–H groups in total. The maximum absolute atomic E-state index is 14.2. The van der Waals surface area contributed by atoms with E-state index in [0.29, 0.717) is 54.0 Å². The lowest BCUT2D eigenvalue weighted by Crippen LogP contribution is -2.41. The zero-order chi connectivity index (χ0) is 37.0. The number of ether oxygens (including phenoxy) is 4. The fourth-order valence-corrected chi connectivity index (χ4v) is 8.15. The molecule has 2 aliphatic rings. The average Bonchev–Trinajstić information content (AvgIpc) is 3.99. The standard InChI is InChI=1S/C42H48N4O7/c1-49-35-25-30(26-36(50-2)39(35)52-4)41(48)45-23-19-42(28-45,31-11-6-5-7-12-31)18-22-44-20-16-29(17-21-44)38(47)40-43-32-13-8-9-14-33(32)46(40)27-37(51-3)34-15-10-24-53-34/h5-15,24-26,29,37H,16-23,27-28H2,1-4H3. The Labute approximate surface area is 310 Å². The highest BCUT2D eigenvalue weighted by molar-refractivity contribution is 5.98. The zero-order valence-electron chi connectivity index (χ0n) is 31.0. The van der Waals surface area contributed by atoms with Crippen LogP contribution in [0.2, 0.25) is 0 Å². The lowest BCUT2D eigenvalue weighted by molar-refractivity contribution is 0.0672. The number of furan rings is 1. The summed E-state index contributed by atoms with van der Waals surface area (Å²) in [7, 11) is 6.31. The molecule has 1 amide bonds. The first kappa shape index (κ1) is 36.2. The normalized spacial score (nSPS) is 18.7. The summed E-state index contributed by atoms with van der Waals surface area (Å²) in [6.07, 6.45) is 4.57. The van der Waals surface area contributed by atoms with E-state index in [1.807, 2.05) is 51.9 Å². The largest absolute Gasteiger partial charge is 0.493 e. The first-order valence-electron chi connectivity index (χ1n) is 18.3. The number of aromatic nitrogens is 2. The second kappa shape index (κ2) is 15.9. The first-order chi connectivity index (χ1) is 25.9. The molecule has 2 aliphatic heterocycles. The van der Waals surface area contributed by atoms with Crippen molar-refractivity contribution in [2.75, 3.05) is 61.2 Å². The summed E-state index contributed by atoms with van der Waals surface area (Å²) < 4.78 is 30.0. The molecule has 11 nitrogen and oxygen atoms in total. The highest BCUT2D eigenvalue weighted by atomic mass is 16.5. The van der Waals surface area contributed by atoms with Crippen LogP contribution in [0.15, 0.2) is 89.5 Å². The number of fused-ring (bicyclic) bond motifs is 1. The number of para-hydroxylation sites is 2. The summed E-state index contributed by atoms with van der Waals surface area (Å²) in [6.45, 7) is 4.19. The van der Waals surface area contributed by atoms with E-state index in [1.54, 1.807) is 46.8 Å². The summed E-state index contributed by atoms with van der Waals surface area (Å²) in [5.74, 6) is 2.45. The number of imidazole rings is 1. The summed E-state index contributed by atoms with van der Waals surface area (Å²) >= 11 is 0. The van der Waals surface area contributed by atoms with Gasteiger partial charge in [-0.05, 0) is 87.3 Å². The van der Waals surface area contributed by atoms with Crippen LogP contribution >= 0.6 is 0 Å². The van der Waals surface area contributed by atoms with Gasteiger partial charge in [-0.2, -0.15) is 0 Å². The van der Waals surface area contributed by atoms with Gasteiger partial charge in [0, 0.05) is 37.1 Å². The number of hydrogen-bond acceptors (Lipinski definition) is 9. The predicted octanol–water partition coefficient (Wildman–Crippen LogP) is 6.81. The minimum Gasteiger partial charge on any atom is -0.493 e. The molecule has 2 unspecified atom stereocenters. The minimum absolute atomic E-state index is 0.0617. The number of Topliss-reactive ketones (excluding diaryl/α,β-unsaturated/α-hetero) is 1. The SMILES string of the molecule is COc1cc(C(=O)N2CCC(CCN3CCC(C(=O)c4nc5ccccc5n4CC(OC)c4ccco4)CC3)(c3ccccc3)C2)cc(OC)c1OC. The average molecular weight is 721 g/mol. The molecule has 7 rings (SSSR count). The monoisotopic (exact) mass is 720 g/mol. The molecular weight excluding hydrogens is 672 g/mol. The van der Waals surface area contributed by atoms with Gasteiger partial charge in [0.05, 0.1) is 45.2 Å². The van der Waals surface area contributed by atoms with Crippen molar-refractivity contribution in [1.82, 2.24) is 19.4 Å². The molecule has 53 heavy (non-hydrogen) atoms. The number of piperidine rings is 1. The highest BCUT2D eigenvalue weighted by Gasteiger charge is 2.42. The Morgan fingerprint density at radius 3 is 2.26 bits per heavy atom. The Morgan fingerprint density at radius 2 is 1.60 bits per heavy atom. The summed E-state index contributed by atoms with van der Waals surface area (Å²) in [5.41, 5.74) is 3.25. The Morgan fingerprint density at radius 1 is 0.887 bits per heavy atom. The molecule has 4 heterocycles. The van der Waals surface area contributed by atoms with Gasteiger partial charge in [-0.1, -0.05) is 42.5 Å². The van der Waals surface area contributed by atoms with Crippen molar-refractivity contribution in [3.05, 3.63) is 108 Å². The van der Waals surface area contributed by atoms with Crippen molar-refractivity contribution < 1.29 is 33.0 Å². The third kappa shape index (κ3) is 7.28. The number of hydrogen-bond donors (Lipinski definition) is 0. The van der Waals surface area contributed by atoms with Crippen LogP contribution in [-0.4, -0.2) is 92.2 Å². The van der Waals surface area contributed by atoms with Crippen molar-refractivity contribution >= 4 is 22.7 Å². The third-order valence-electron chi connectivity index (χ3n) is 11.2. The maximum Gasteiger partial charge on any atom is 0.254 e. The molecule has 2 saturated heterocycles. The zero-order valence-corrected chi connectivity index (χ0v) is 31.0. The number of amides is 1. The molecule has 5 aromatic rings. The van der Waals surface area contributed by atoms with Crippen molar-refractivity contribution in [3.63, 3.8) is 0 Å². The molecule has 0 aliphatic carbocycles. The number of nitrogens with zero attached hydrogens (tertiary/aromatic N) is 4. The van der Waals surface area contributed by atoms with Crippen molar-refractivity contribution in [2.24, 2.45) is 5.92 Å². The number of rotatable bonds is 14. The fraction of sp³-hybridized carbons (Fsp3) is 0.405. The second-order valence-electron chi connectivity index (χ2n) is 14.0. The summed E-state index contributed by atoms with van der Waals surface area (Å²) in [5, 5.41) is 0. The van der Waals surface area contributed by atoms with Gasteiger partial charge >= 0.3 is 0 Å². The van der Waals surface area contributed by atoms with E-state index < -0.39 is 0 Å². The molecule has 11 heteroatoms. The van der Waals surface area contributed by atoms with E-state index in [0.717, 1.165) is 56.4 Å². The van der Waals surface area contributed by atoms with Gasteiger partial charge in [0.25, 0.3) is 5.91 Å². The minimum atomic E-state index is -0.350. The van der Waals surface area contributed by atoms with Crippen LogP contribution in [0, 0.1) is 5.92 Å². The second-order valence-corrected chi connectivity index (χ2v) is 14.0. The summed E-state index contributed by atoms with van der Waals surface area (Å²) in [6, 6.07) is 25.6. The van der Waals surface area contributed by atoms with Gasteiger partial charge in [-0.3, -0.25) is 9.59 Å². The van der Waals surface area contributed by atoms with Crippen LogP contribution in [0.5, 0.6) is 17.2 Å². The predicted molar refractivity (Wildman–Crippen MR) is 201 cm³/mol. The molecule has 2 aromatic heterocycles. The smallest absolute Gasteiger partial charge is 0.254 e. The first-order valence-corrected chi connectivity index (χ1v) is 18.3. The van der Waals surface area contributed by atoms with E-state index in [9.17, 15) is 9.59 Å². The Bertz CT molecular complexity index is 1990. The van der Waals surface area contributed by atoms with Gasteiger partial charge in [0.1, 0.15) is 11.9 Å². The van der Waals surface area contributed by atoms with Crippen molar-refractivity contribution in [3.8, 4) is 17.2 Å². The third-order valence-corrected chi connectivity index (χ3v) is 11.2. The molecule has 0 bridgehead atoms. The lowest BCUT2D eigenvalue weighted by Gasteiger charge is -2.36. The molecule has 0 saturated carbocycles. The van der Waals surface area contributed by atoms with E-state index >= 15 is 0 Å². The number of likely N-dealkylation sites (tertiary alicyclic amines) is 2. The Kier molecular flexibility index (Phi) is 10.8. The molecular formula is C42H48N4O7. The van der Waals surface area contributed by atoms with E-state index in [2.05, 4.69) is 29.2 Å². The van der Waals surface area contributed by atoms with Crippen molar-refractivity contribution in [2.45, 2.75) is 43.7 Å². The number of carbonyl (C=O) groups excluding carboxylic acids is 2. The molecule has 0 spiro atoms. The highest BCUT2D eigenvalue weighted by Crippen LogP contribution is 2.42. The Hall–Kier alpha value is -5.13. The van der Waals surface area contributed by atoms with Crippen LogP contribution in [0.4, 0.5) is 0 Å². The van der Waals surface area contributed by atoms with Gasteiger partial charge in [0.2, 0.25) is 11.5 Å². The quantitative estimate of drug-likeness (QED) is 0.114. The number of carbonyl (C=O) groups is 2. The maximum atomic E-state index is 14.2. The van der Waals surface area contributed by atoms with Gasteiger partial charge in [-0.15, -0.1) is 0 Å². The molecule has 2 fully saturated rings. The van der Waals surface area contributed by atoms with Crippen LogP contribution in [0.3, 0.4) is 0 Å². The van der Waals surface area contributed by atoms with Crippen molar-refractivity contribution in [1.29, 1.82) is 0 Å². The molecule has 278 valence electrons. The van der Waals surface area contributed by atoms with Crippen LogP contribution in [0.1, 0.15) is 64.1 Å². The molecule has 3 aromatic carbocycles. The molecule has 2 atom stereocenters. The van der Waals surface area contributed by atoms with Gasteiger partial charge < -0.3 is 37.7 Å². The van der Waals surface area contributed by atoms with E-state index in [-0.39, 0.29) is 29.1 Å². The summed E-state index contributed by atoms with van der Waals surface area (Å²) in [4.78, 5) is 37.4. The molecule has 0 radical (unpaired) electrons. The van der Waals surface area contributed by atoms with Crippen LogP contribution in [0.25, 0.3) is 11.0 Å². The van der Waals surface area contributed by atoms with E-state index in [4.69, 9.17) is 28.3 Å². The number of methoxy groups -OCH3 is 4. The van der Waals surface area contributed by atoms with Gasteiger partial charge in [-0.25, -0.2) is 4.98 Å². The lowest BCUT2D eigenvalue weighted by atomic mass is 9.76. The van der Waals surface area contributed by atoms with Crippen LogP contribution < -0.4 is 14.2 Å². The number of ketones is 1. The fourth-order valence-electron chi connectivity index (χ4n) is 8.15. The van der Waals surface area contributed by atoms with Crippen LogP contribution in [-0.2, 0) is 16.7 Å². The number of benzene rings is 3. The van der Waals surface area contributed by atoms with Gasteiger partial charge in [0.15, 0.2) is 17.3 Å².